The molecule has 0 radical (unpaired) electrons. The molecular formula is C12H21NO2. The van der Waals surface area contributed by atoms with Gasteiger partial charge >= 0.3 is 5.97 Å². The van der Waals surface area contributed by atoms with Gasteiger partial charge in [0.25, 0.3) is 0 Å². The molecule has 0 amide bonds. The molecule has 1 aliphatic heterocycles. The number of likely N-dealkylation sites (tertiary alicyclic amines) is 1. The van der Waals surface area contributed by atoms with Crippen molar-refractivity contribution in [3.8, 4) is 0 Å². The van der Waals surface area contributed by atoms with Crippen LogP contribution in [0.3, 0.4) is 0 Å². The second-order valence-electron chi connectivity index (χ2n) is 5.10. The van der Waals surface area contributed by atoms with Crippen LogP contribution in [0.15, 0.2) is 0 Å². The summed E-state index contributed by atoms with van der Waals surface area (Å²) in [5.41, 5.74) is 0. The molecule has 0 spiro atoms. The normalized spacial score (nSPS) is 30.9. The van der Waals surface area contributed by atoms with Crippen molar-refractivity contribution in [1.29, 1.82) is 0 Å². The highest BCUT2D eigenvalue weighted by atomic mass is 16.4. The quantitative estimate of drug-likeness (QED) is 0.776. The van der Waals surface area contributed by atoms with Gasteiger partial charge < -0.3 is 10.0 Å². The van der Waals surface area contributed by atoms with Crippen molar-refractivity contribution in [2.24, 2.45) is 11.8 Å². The van der Waals surface area contributed by atoms with Gasteiger partial charge in [0.1, 0.15) is 0 Å². The molecule has 0 aromatic heterocycles. The molecule has 0 aromatic carbocycles. The molecule has 2 unspecified atom stereocenters. The molecule has 2 fully saturated rings. The molecule has 15 heavy (non-hydrogen) atoms. The molecule has 1 saturated carbocycles. The summed E-state index contributed by atoms with van der Waals surface area (Å²) in [6, 6.07) is 0.293. The van der Waals surface area contributed by atoms with Crippen molar-refractivity contribution >= 4 is 5.97 Å². The SMILES string of the molecule is CN1CCCCC1C(C(=O)O)C1CCC1. The van der Waals surface area contributed by atoms with E-state index in [-0.39, 0.29) is 5.92 Å². The zero-order chi connectivity index (χ0) is 10.8. The fourth-order valence-electron chi connectivity index (χ4n) is 3.03. The molecule has 2 aliphatic rings. The van der Waals surface area contributed by atoms with E-state index in [1.807, 2.05) is 0 Å². The maximum Gasteiger partial charge on any atom is 0.308 e. The van der Waals surface area contributed by atoms with Crippen molar-refractivity contribution in [1.82, 2.24) is 4.90 Å². The van der Waals surface area contributed by atoms with Gasteiger partial charge in [0, 0.05) is 6.04 Å². The molecule has 1 aliphatic carbocycles. The number of piperidine rings is 1. The number of carboxylic acids is 1. The highest BCUT2D eigenvalue weighted by Gasteiger charge is 2.40. The lowest BCUT2D eigenvalue weighted by atomic mass is 9.71. The number of hydrogen-bond donors (Lipinski definition) is 1. The van der Waals surface area contributed by atoms with Gasteiger partial charge in [0.05, 0.1) is 5.92 Å². The third kappa shape index (κ3) is 2.17. The van der Waals surface area contributed by atoms with Crippen LogP contribution in [-0.4, -0.2) is 35.6 Å². The number of hydrogen-bond acceptors (Lipinski definition) is 2. The van der Waals surface area contributed by atoms with Crippen molar-refractivity contribution in [2.45, 2.75) is 44.6 Å². The molecule has 1 heterocycles. The fourth-order valence-corrected chi connectivity index (χ4v) is 3.03. The molecule has 1 N–H and O–H groups in total. The Morgan fingerprint density at radius 3 is 2.47 bits per heavy atom. The third-order valence-corrected chi connectivity index (χ3v) is 4.18. The van der Waals surface area contributed by atoms with Gasteiger partial charge in [-0.3, -0.25) is 4.79 Å². The van der Waals surface area contributed by atoms with Gasteiger partial charge in [0.2, 0.25) is 0 Å². The molecular weight excluding hydrogens is 190 g/mol. The average Bonchev–Trinajstić information content (AvgIpc) is 2.12. The Labute approximate surface area is 91.5 Å². The summed E-state index contributed by atoms with van der Waals surface area (Å²) in [5.74, 6) is -0.226. The lowest BCUT2D eigenvalue weighted by molar-refractivity contribution is -0.148. The van der Waals surface area contributed by atoms with Crippen LogP contribution in [0, 0.1) is 11.8 Å². The zero-order valence-corrected chi connectivity index (χ0v) is 9.48. The van der Waals surface area contributed by atoms with E-state index in [4.69, 9.17) is 0 Å². The molecule has 2 rings (SSSR count). The highest BCUT2D eigenvalue weighted by Crippen LogP contribution is 2.38. The minimum atomic E-state index is -0.571. The first-order valence-corrected chi connectivity index (χ1v) is 6.13. The van der Waals surface area contributed by atoms with E-state index in [0.29, 0.717) is 12.0 Å². The van der Waals surface area contributed by atoms with Crippen molar-refractivity contribution in [2.75, 3.05) is 13.6 Å². The van der Waals surface area contributed by atoms with Crippen LogP contribution < -0.4 is 0 Å². The highest BCUT2D eigenvalue weighted by molar-refractivity contribution is 5.71. The van der Waals surface area contributed by atoms with Crippen molar-refractivity contribution in [3.05, 3.63) is 0 Å². The molecule has 86 valence electrons. The Morgan fingerprint density at radius 1 is 1.27 bits per heavy atom. The first-order chi connectivity index (χ1) is 7.20. The van der Waals surface area contributed by atoms with Crippen molar-refractivity contribution in [3.63, 3.8) is 0 Å². The molecule has 0 aromatic rings. The monoisotopic (exact) mass is 211 g/mol. The number of rotatable bonds is 3. The maximum atomic E-state index is 11.4. The van der Waals surface area contributed by atoms with E-state index in [9.17, 15) is 9.90 Å². The van der Waals surface area contributed by atoms with Crippen LogP contribution in [0.5, 0.6) is 0 Å². The Morgan fingerprint density at radius 2 is 2.00 bits per heavy atom. The van der Waals surface area contributed by atoms with Crippen LogP contribution >= 0.6 is 0 Å². The number of carboxylic acid groups (broad SMARTS) is 1. The molecule has 3 nitrogen and oxygen atoms in total. The minimum absolute atomic E-state index is 0.107. The van der Waals surface area contributed by atoms with Crippen LogP contribution in [0.2, 0.25) is 0 Å². The van der Waals surface area contributed by atoms with Gasteiger partial charge in [-0.15, -0.1) is 0 Å². The summed E-state index contributed by atoms with van der Waals surface area (Å²) < 4.78 is 0. The predicted octanol–water partition coefficient (Wildman–Crippen LogP) is 1.97. The average molecular weight is 211 g/mol. The number of aliphatic carboxylic acids is 1. The second-order valence-corrected chi connectivity index (χ2v) is 5.10. The van der Waals surface area contributed by atoms with Crippen LogP contribution in [0.25, 0.3) is 0 Å². The van der Waals surface area contributed by atoms with Gasteiger partial charge in [0.15, 0.2) is 0 Å². The summed E-state index contributed by atoms with van der Waals surface area (Å²) in [6.45, 7) is 1.07. The van der Waals surface area contributed by atoms with Gasteiger partial charge in [-0.2, -0.15) is 0 Å². The van der Waals surface area contributed by atoms with E-state index in [1.165, 1.54) is 19.3 Å². The number of carbonyl (C=O) groups is 1. The van der Waals surface area contributed by atoms with Crippen LogP contribution in [-0.2, 0) is 4.79 Å². The van der Waals surface area contributed by atoms with Gasteiger partial charge in [-0.1, -0.05) is 12.8 Å². The smallest absolute Gasteiger partial charge is 0.308 e. The Balaban J connectivity index is 2.04. The fraction of sp³-hybridized carbons (Fsp3) is 0.917. The van der Waals surface area contributed by atoms with E-state index >= 15 is 0 Å². The van der Waals surface area contributed by atoms with Gasteiger partial charge in [-0.25, -0.2) is 0 Å². The summed E-state index contributed by atoms with van der Waals surface area (Å²) in [7, 11) is 2.08. The van der Waals surface area contributed by atoms with E-state index < -0.39 is 5.97 Å². The molecule has 1 saturated heterocycles. The molecule has 0 bridgehead atoms. The van der Waals surface area contributed by atoms with E-state index in [2.05, 4.69) is 11.9 Å². The predicted molar refractivity (Wildman–Crippen MR) is 58.7 cm³/mol. The Hall–Kier alpha value is -0.570. The summed E-state index contributed by atoms with van der Waals surface area (Å²) in [5, 5.41) is 9.35. The Bertz CT molecular complexity index is 238. The third-order valence-electron chi connectivity index (χ3n) is 4.18. The minimum Gasteiger partial charge on any atom is -0.481 e. The zero-order valence-electron chi connectivity index (χ0n) is 9.48. The summed E-state index contributed by atoms with van der Waals surface area (Å²) in [6.07, 6.45) is 6.98. The standard InChI is InChI=1S/C12H21NO2/c1-13-8-3-2-7-10(13)11(12(14)15)9-5-4-6-9/h9-11H,2-8H2,1H3,(H,14,15). The molecule has 2 atom stereocenters. The van der Waals surface area contributed by atoms with Crippen molar-refractivity contribution < 1.29 is 9.90 Å². The second kappa shape index (κ2) is 4.52. The summed E-state index contributed by atoms with van der Waals surface area (Å²) in [4.78, 5) is 13.6. The number of nitrogens with zero attached hydrogens (tertiary/aromatic N) is 1. The topological polar surface area (TPSA) is 40.5 Å². The first kappa shape index (κ1) is 10.9. The van der Waals surface area contributed by atoms with Crippen LogP contribution in [0.4, 0.5) is 0 Å². The largest absolute Gasteiger partial charge is 0.481 e. The lowest BCUT2D eigenvalue weighted by Crippen LogP contribution is -2.48. The van der Waals surface area contributed by atoms with Crippen LogP contribution in [0.1, 0.15) is 38.5 Å². The first-order valence-electron chi connectivity index (χ1n) is 6.13. The maximum absolute atomic E-state index is 11.4. The van der Waals surface area contributed by atoms with E-state index in [1.54, 1.807) is 0 Å². The lowest BCUT2D eigenvalue weighted by Gasteiger charge is -2.42. The molecule has 3 heteroatoms. The Kier molecular flexibility index (Phi) is 3.29. The van der Waals surface area contributed by atoms with E-state index in [0.717, 1.165) is 25.8 Å². The van der Waals surface area contributed by atoms with Gasteiger partial charge in [-0.05, 0) is 45.2 Å². The summed E-state index contributed by atoms with van der Waals surface area (Å²) >= 11 is 0.